The number of carbonyl (C=O) groups excluding carboxylic acids is 2. The third-order valence-electron chi connectivity index (χ3n) is 4.58. The second-order valence-electron chi connectivity index (χ2n) is 5.98. The van der Waals surface area contributed by atoms with E-state index < -0.39 is 0 Å². The molecule has 5 heteroatoms. The van der Waals surface area contributed by atoms with E-state index in [1.165, 1.54) is 0 Å². The van der Waals surface area contributed by atoms with Crippen molar-refractivity contribution in [3.63, 3.8) is 0 Å². The molecule has 1 aliphatic carbocycles. The molecular weight excluding hydrogens is 242 g/mol. The Morgan fingerprint density at radius 2 is 2.00 bits per heavy atom. The van der Waals surface area contributed by atoms with Crippen molar-refractivity contribution in [3.8, 4) is 0 Å². The Morgan fingerprint density at radius 1 is 1.32 bits per heavy atom. The minimum Gasteiger partial charge on any atom is -0.349 e. The van der Waals surface area contributed by atoms with E-state index in [0.29, 0.717) is 13.1 Å². The van der Waals surface area contributed by atoms with Crippen LogP contribution in [-0.4, -0.2) is 41.9 Å². The van der Waals surface area contributed by atoms with Crippen LogP contribution in [0.15, 0.2) is 0 Å². The zero-order valence-electron chi connectivity index (χ0n) is 11.8. The Balaban J connectivity index is 1.93. The lowest BCUT2D eigenvalue weighted by Gasteiger charge is -2.35. The normalized spacial score (nSPS) is 26.2. The highest BCUT2D eigenvalue weighted by molar-refractivity contribution is 5.81. The van der Waals surface area contributed by atoms with Crippen LogP contribution in [0.3, 0.4) is 0 Å². The molecule has 5 nitrogen and oxygen atoms in total. The van der Waals surface area contributed by atoms with E-state index in [4.69, 9.17) is 5.73 Å². The highest BCUT2D eigenvalue weighted by Crippen LogP contribution is 2.29. The summed E-state index contributed by atoms with van der Waals surface area (Å²) in [5.41, 5.74) is 5.66. The maximum absolute atomic E-state index is 12.4. The molecule has 1 saturated heterocycles. The number of nitrogens with two attached hydrogens (primary N) is 1. The van der Waals surface area contributed by atoms with Crippen molar-refractivity contribution in [2.45, 2.75) is 51.0 Å². The van der Waals surface area contributed by atoms with Crippen LogP contribution in [-0.2, 0) is 9.59 Å². The van der Waals surface area contributed by atoms with E-state index in [0.717, 1.165) is 45.1 Å². The van der Waals surface area contributed by atoms with E-state index in [-0.39, 0.29) is 23.3 Å². The van der Waals surface area contributed by atoms with Crippen LogP contribution < -0.4 is 11.1 Å². The number of hydrogen-bond donors (Lipinski definition) is 2. The number of rotatable bonds is 3. The first kappa shape index (κ1) is 14.3. The molecule has 0 radical (unpaired) electrons. The van der Waals surface area contributed by atoms with E-state index in [2.05, 4.69) is 5.32 Å². The summed E-state index contributed by atoms with van der Waals surface area (Å²) < 4.78 is 0. The average molecular weight is 267 g/mol. The smallest absolute Gasteiger partial charge is 0.225 e. The van der Waals surface area contributed by atoms with E-state index >= 15 is 0 Å². The number of likely N-dealkylation sites (tertiary alicyclic amines) is 1. The number of nitrogens with one attached hydrogen (secondary N) is 1. The van der Waals surface area contributed by atoms with Gasteiger partial charge in [-0.15, -0.1) is 0 Å². The molecule has 2 amide bonds. The molecule has 1 unspecified atom stereocenters. The quantitative estimate of drug-likeness (QED) is 0.787. The summed E-state index contributed by atoms with van der Waals surface area (Å²) in [5.74, 6) is 0.0758. The van der Waals surface area contributed by atoms with Crippen LogP contribution in [0.4, 0.5) is 0 Å². The first-order valence-corrected chi connectivity index (χ1v) is 7.34. The Labute approximate surface area is 114 Å². The molecule has 19 heavy (non-hydrogen) atoms. The van der Waals surface area contributed by atoms with Gasteiger partial charge in [0.05, 0.1) is 11.5 Å². The van der Waals surface area contributed by atoms with Crippen molar-refractivity contribution >= 4 is 11.8 Å². The molecule has 3 N–H and O–H groups in total. The first-order chi connectivity index (χ1) is 9.06. The average Bonchev–Trinajstić information content (AvgIpc) is 2.88. The highest BCUT2D eigenvalue weighted by atomic mass is 16.2. The van der Waals surface area contributed by atoms with Gasteiger partial charge in [0.15, 0.2) is 0 Å². The first-order valence-electron chi connectivity index (χ1n) is 7.34. The van der Waals surface area contributed by atoms with Gasteiger partial charge in [-0.25, -0.2) is 0 Å². The highest BCUT2D eigenvalue weighted by Gasteiger charge is 2.36. The summed E-state index contributed by atoms with van der Waals surface area (Å²) in [6.45, 7) is 3.42. The van der Waals surface area contributed by atoms with Crippen LogP contribution in [0, 0.1) is 5.92 Å². The number of hydrogen-bond acceptors (Lipinski definition) is 3. The molecule has 2 rings (SSSR count). The van der Waals surface area contributed by atoms with Crippen LogP contribution >= 0.6 is 0 Å². The van der Waals surface area contributed by atoms with Gasteiger partial charge >= 0.3 is 0 Å². The number of carbonyl (C=O) groups is 2. The van der Waals surface area contributed by atoms with Gasteiger partial charge in [0.1, 0.15) is 0 Å². The van der Waals surface area contributed by atoms with Gasteiger partial charge in [-0.1, -0.05) is 12.8 Å². The van der Waals surface area contributed by atoms with E-state index in [1.54, 1.807) is 11.8 Å². The standard InChI is InChI=1S/C14H25N3O2/c1-11(18)17-8-4-5-12(9-17)13(19)16-14(10-15)6-2-3-7-14/h12H,2-10,15H2,1H3,(H,16,19). The lowest BCUT2D eigenvalue weighted by atomic mass is 9.93. The van der Waals surface area contributed by atoms with Gasteiger partial charge in [-0.3, -0.25) is 9.59 Å². The maximum Gasteiger partial charge on any atom is 0.225 e. The molecule has 2 aliphatic rings. The summed E-state index contributed by atoms with van der Waals surface area (Å²) in [4.78, 5) is 25.6. The minimum atomic E-state index is -0.185. The number of nitrogens with zero attached hydrogens (tertiary/aromatic N) is 1. The second-order valence-corrected chi connectivity index (χ2v) is 5.98. The maximum atomic E-state index is 12.4. The van der Waals surface area contributed by atoms with Crippen molar-refractivity contribution in [2.75, 3.05) is 19.6 Å². The fourth-order valence-corrected chi connectivity index (χ4v) is 3.27. The molecular formula is C14H25N3O2. The van der Waals surface area contributed by atoms with Crippen molar-refractivity contribution in [2.24, 2.45) is 11.7 Å². The lowest BCUT2D eigenvalue weighted by molar-refractivity contribution is -0.134. The molecule has 0 aromatic carbocycles. The zero-order valence-corrected chi connectivity index (χ0v) is 11.8. The fourth-order valence-electron chi connectivity index (χ4n) is 3.27. The van der Waals surface area contributed by atoms with E-state index in [1.807, 2.05) is 0 Å². The lowest BCUT2D eigenvalue weighted by Crippen LogP contribution is -2.55. The zero-order chi connectivity index (χ0) is 13.9. The molecule has 1 heterocycles. The minimum absolute atomic E-state index is 0.0619. The van der Waals surface area contributed by atoms with Gasteiger partial charge in [0, 0.05) is 26.6 Å². The monoisotopic (exact) mass is 267 g/mol. The predicted molar refractivity (Wildman–Crippen MR) is 73.4 cm³/mol. The molecule has 1 atom stereocenters. The molecule has 2 fully saturated rings. The molecule has 0 aromatic rings. The fraction of sp³-hybridized carbons (Fsp3) is 0.857. The molecule has 1 saturated carbocycles. The van der Waals surface area contributed by atoms with Gasteiger partial charge < -0.3 is 16.0 Å². The molecule has 108 valence electrons. The van der Waals surface area contributed by atoms with Gasteiger partial charge in [-0.2, -0.15) is 0 Å². The van der Waals surface area contributed by atoms with Crippen molar-refractivity contribution in [1.29, 1.82) is 0 Å². The largest absolute Gasteiger partial charge is 0.349 e. The summed E-state index contributed by atoms with van der Waals surface area (Å²) in [6, 6.07) is 0. The molecule has 1 aliphatic heterocycles. The Bertz CT molecular complexity index is 351. The Morgan fingerprint density at radius 3 is 2.58 bits per heavy atom. The summed E-state index contributed by atoms with van der Waals surface area (Å²) >= 11 is 0. The number of amides is 2. The predicted octanol–water partition coefficient (Wildman–Crippen LogP) is 0.633. The topological polar surface area (TPSA) is 75.4 Å². The molecule has 0 aromatic heterocycles. The Hall–Kier alpha value is -1.10. The van der Waals surface area contributed by atoms with Gasteiger partial charge in [-0.05, 0) is 25.7 Å². The van der Waals surface area contributed by atoms with Crippen molar-refractivity contribution < 1.29 is 9.59 Å². The van der Waals surface area contributed by atoms with Crippen molar-refractivity contribution in [1.82, 2.24) is 10.2 Å². The van der Waals surface area contributed by atoms with Crippen molar-refractivity contribution in [3.05, 3.63) is 0 Å². The third kappa shape index (κ3) is 3.26. The second kappa shape index (κ2) is 5.90. The summed E-state index contributed by atoms with van der Waals surface area (Å²) in [7, 11) is 0. The Kier molecular flexibility index (Phi) is 4.45. The van der Waals surface area contributed by atoms with Crippen LogP contribution in [0.2, 0.25) is 0 Å². The molecule has 0 bridgehead atoms. The van der Waals surface area contributed by atoms with Gasteiger partial charge in [0.2, 0.25) is 11.8 Å². The van der Waals surface area contributed by atoms with Crippen LogP contribution in [0.25, 0.3) is 0 Å². The summed E-state index contributed by atoms with van der Waals surface area (Å²) in [6.07, 6.45) is 6.03. The van der Waals surface area contributed by atoms with E-state index in [9.17, 15) is 9.59 Å². The van der Waals surface area contributed by atoms with Gasteiger partial charge in [0.25, 0.3) is 0 Å². The summed E-state index contributed by atoms with van der Waals surface area (Å²) in [5, 5.41) is 3.17. The molecule has 0 spiro atoms. The third-order valence-corrected chi connectivity index (χ3v) is 4.58. The van der Waals surface area contributed by atoms with Crippen LogP contribution in [0.5, 0.6) is 0 Å². The SMILES string of the molecule is CC(=O)N1CCCC(C(=O)NC2(CN)CCCC2)C1. The number of piperidine rings is 1. The van der Waals surface area contributed by atoms with Crippen LogP contribution in [0.1, 0.15) is 45.4 Å².